The van der Waals surface area contributed by atoms with Crippen LogP contribution in [-0.4, -0.2) is 151 Å². The predicted octanol–water partition coefficient (Wildman–Crippen LogP) is 28.7. The van der Waals surface area contributed by atoms with Crippen molar-refractivity contribution in [3.05, 3.63) is 0 Å². The molecule has 0 aromatic heterocycles. The van der Waals surface area contributed by atoms with Crippen LogP contribution in [0.15, 0.2) is 0 Å². The normalized spacial score (nSPS) is 38.5. The minimum atomic E-state index is -0.372. The van der Waals surface area contributed by atoms with Gasteiger partial charge in [0, 0.05) is 81.3 Å². The van der Waals surface area contributed by atoms with Gasteiger partial charge in [0.15, 0.2) is 0 Å². The fourth-order valence-electron chi connectivity index (χ4n) is 34.2. The second-order valence-corrected chi connectivity index (χ2v) is 53.0. The first-order valence-electron chi connectivity index (χ1n) is 60.0. The minimum absolute atomic E-state index is 0.0184. The Morgan fingerprint density at radius 3 is 0.539 bits per heavy atom. The van der Waals surface area contributed by atoms with Gasteiger partial charge in [-0.3, -0.25) is 28.8 Å². The van der Waals surface area contributed by atoms with E-state index in [0.29, 0.717) is 71.0 Å². The first-order valence-corrected chi connectivity index (χ1v) is 60.0. The third-order valence-electron chi connectivity index (χ3n) is 43.0. The topological polar surface area (TPSA) is 213 Å². The lowest BCUT2D eigenvalue weighted by Crippen LogP contribution is -2.60. The fourth-order valence-corrected chi connectivity index (χ4v) is 34.2. The second kappa shape index (κ2) is 51.1. The zero-order valence-corrected chi connectivity index (χ0v) is 93.9. The Balaban J connectivity index is 0.000000142. The Morgan fingerprint density at radius 1 is 0.227 bits per heavy atom. The summed E-state index contributed by atoms with van der Waals surface area (Å²) in [6.45, 7) is 41.2. The highest BCUT2D eigenvalue weighted by molar-refractivity contribution is 5.78. The molecule has 24 aliphatic rings. The van der Waals surface area contributed by atoms with Crippen molar-refractivity contribution < 1.29 is 85.6 Å². The number of unbranched alkanes of at least 4 members (excludes halogenated alkanes) is 4. The van der Waals surface area contributed by atoms with Gasteiger partial charge in [-0.15, -0.1) is 0 Å². The third kappa shape index (κ3) is 26.5. The molecule has 18 nitrogen and oxygen atoms in total. The van der Waals surface area contributed by atoms with Crippen LogP contribution < -0.4 is 0 Å². The summed E-state index contributed by atoms with van der Waals surface area (Å²) in [5, 5.41) is 0. The lowest BCUT2D eigenvalue weighted by Gasteiger charge is -2.60. The zero-order chi connectivity index (χ0) is 101. The van der Waals surface area contributed by atoms with Crippen molar-refractivity contribution in [2.24, 2.45) is 176 Å². The SMILES string of the molecule is CCC(C)(C)C(=O)OC1(CCCCOC)C2CC3CC(C2)CC1C3.CCC(C)(C)C(=O)OC1(CCCOC)C2CC3CC(C2)CC1C3.CCC(C)C(=O)OC1(CCCCOC)C2CC3CC(C2)CC1C3.CCC(C)C(=O)OC1(CCCOC)C2CC3CC(C2)CC1C3.CCOCCCCC1(OC(=O)C(C)(C)CC)C2CC3CC(C2)CC1C3.CCOCCCCC1(OC(=O)C(C)CC)C2CC3CC(C2)CC1C3. The van der Waals surface area contributed by atoms with Gasteiger partial charge in [0.1, 0.15) is 33.6 Å². The van der Waals surface area contributed by atoms with Crippen LogP contribution in [0.25, 0.3) is 0 Å². The van der Waals surface area contributed by atoms with Gasteiger partial charge in [0.2, 0.25) is 0 Å². The number of hydrogen-bond donors (Lipinski definition) is 0. The molecule has 0 N–H and O–H groups in total. The number of rotatable bonds is 48. The molecule has 0 aromatic rings. The van der Waals surface area contributed by atoms with Gasteiger partial charge < -0.3 is 56.8 Å². The van der Waals surface area contributed by atoms with Gasteiger partial charge in [-0.25, -0.2) is 0 Å². The van der Waals surface area contributed by atoms with Gasteiger partial charge in [0.25, 0.3) is 0 Å². The standard InChI is InChI=1S/C22H38O3.2C21H36O3.2C20H34O3.C19H32O3/c1-5-21(3,4)20(23)25-22(9-7-8-10-24-6-2)18-12-16-11-17(14-18)15-19(22)13-16;1-5-20(2,3)19(22)24-21(8-6-7-9-23-4)17-11-15-10-16(13-17)14-18(21)12-15;1-4-15(3)20(22)24-21(8-6-7-9-23-5-2)18-11-16-10-17(13-18)14-19(21)12-16;1-5-19(2,3)18(21)23-20(7-6-8-22-4)16-10-14-9-15(12-16)13-17(20)11-14;1-4-14(2)19(21)23-20(7-5-6-8-22-3)17-10-15-9-16(12-17)13-18(20)11-15;1-4-13(2)18(20)22-19(6-5-7-21-3)16-9-14-8-15(11-16)12-17(19)10-14/h16-19H,5-15H2,1-4H3;15-18H,5-14H2,1-4H3;15-19H,4-14H2,1-3H3;14-17H,5-13H2,1-4H3;14-18H,4-13H2,1-3H3;13-17H,4-12H2,1-3H3. The monoisotopic (exact) mass is 1980 g/mol. The molecule has 0 aliphatic heterocycles. The van der Waals surface area contributed by atoms with E-state index >= 15 is 0 Å². The van der Waals surface area contributed by atoms with Crippen molar-refractivity contribution in [1.82, 2.24) is 0 Å². The molecule has 3 unspecified atom stereocenters. The Labute approximate surface area is 859 Å². The summed E-state index contributed by atoms with van der Waals surface area (Å²) in [5.74, 6) is 18.4. The smallest absolute Gasteiger partial charge is 0.312 e. The summed E-state index contributed by atoms with van der Waals surface area (Å²) in [6.07, 6.45) is 61.6. The maximum absolute atomic E-state index is 13.0. The number of ether oxygens (including phenoxy) is 12. The van der Waals surface area contributed by atoms with E-state index in [1.54, 1.807) is 28.4 Å². The van der Waals surface area contributed by atoms with E-state index in [4.69, 9.17) is 56.8 Å². The summed E-state index contributed by atoms with van der Waals surface area (Å²) in [7, 11) is 7.05. The fraction of sp³-hybridized carbons (Fsp3) is 0.951. The van der Waals surface area contributed by atoms with Crippen LogP contribution in [0.2, 0.25) is 0 Å². The van der Waals surface area contributed by atoms with Crippen LogP contribution in [0.4, 0.5) is 0 Å². The Kier molecular flexibility index (Phi) is 41.6. The Bertz CT molecular complexity index is 3700. The largest absolute Gasteiger partial charge is 0.458 e. The quantitative estimate of drug-likeness (QED) is 0.0315. The van der Waals surface area contributed by atoms with Crippen LogP contribution >= 0.6 is 0 Å². The summed E-state index contributed by atoms with van der Waals surface area (Å²) in [4.78, 5) is 76.6. The summed E-state index contributed by atoms with van der Waals surface area (Å²) in [6, 6.07) is 0. The van der Waals surface area contributed by atoms with Crippen molar-refractivity contribution in [3.63, 3.8) is 0 Å². The molecule has 24 aliphatic carbocycles. The Morgan fingerprint density at radius 2 is 0.383 bits per heavy atom. The van der Waals surface area contributed by atoms with Crippen molar-refractivity contribution in [2.45, 2.75) is 485 Å². The van der Waals surface area contributed by atoms with E-state index in [2.05, 4.69) is 41.5 Å². The molecule has 3 atom stereocenters. The number of carbonyl (C=O) groups excluding carboxylic acids is 6. The number of methoxy groups -OCH3 is 4. The molecule has 18 heteroatoms. The van der Waals surface area contributed by atoms with Crippen LogP contribution in [0, 0.1) is 176 Å². The van der Waals surface area contributed by atoms with Gasteiger partial charge >= 0.3 is 35.8 Å². The van der Waals surface area contributed by atoms with Crippen molar-refractivity contribution in [1.29, 1.82) is 0 Å². The van der Waals surface area contributed by atoms with Gasteiger partial charge in [-0.05, 0) is 531 Å². The molecule has 24 fully saturated rings. The van der Waals surface area contributed by atoms with Crippen molar-refractivity contribution in [2.75, 3.05) is 81.3 Å². The maximum Gasteiger partial charge on any atom is 0.312 e. The molecule has 24 rings (SSSR count). The molecule has 0 saturated heterocycles. The van der Waals surface area contributed by atoms with Crippen LogP contribution in [0.1, 0.15) is 452 Å². The molecular weight excluding hydrogens is 1770 g/mol. The number of esters is 6. The maximum atomic E-state index is 13.0. The molecule has 0 aromatic carbocycles. The molecule has 810 valence electrons. The summed E-state index contributed by atoms with van der Waals surface area (Å²) < 4.78 is 70.5. The van der Waals surface area contributed by atoms with Crippen LogP contribution in [-0.2, 0) is 85.6 Å². The average Bonchev–Trinajstić information content (AvgIpc) is 0.739. The average molecular weight is 1980 g/mol. The van der Waals surface area contributed by atoms with E-state index in [1.165, 1.54) is 193 Å². The zero-order valence-electron chi connectivity index (χ0n) is 93.9. The van der Waals surface area contributed by atoms with E-state index in [9.17, 15) is 28.8 Å². The first kappa shape index (κ1) is 115. The molecular formula is C123H210O18. The van der Waals surface area contributed by atoms with Crippen molar-refractivity contribution in [3.8, 4) is 0 Å². The number of carbonyl (C=O) groups is 6. The molecule has 24 bridgehead atoms. The van der Waals surface area contributed by atoms with Crippen LogP contribution in [0.3, 0.4) is 0 Å². The van der Waals surface area contributed by atoms with Gasteiger partial charge in [-0.1, -0.05) is 62.3 Å². The van der Waals surface area contributed by atoms with Crippen LogP contribution in [0.5, 0.6) is 0 Å². The number of hydrogen-bond acceptors (Lipinski definition) is 18. The molecule has 0 spiro atoms. The highest BCUT2D eigenvalue weighted by Gasteiger charge is 2.67. The Hall–Kier alpha value is -3.42. The highest BCUT2D eigenvalue weighted by atomic mass is 16.6. The van der Waals surface area contributed by atoms with E-state index in [-0.39, 0.29) is 103 Å². The summed E-state index contributed by atoms with van der Waals surface area (Å²) >= 11 is 0. The highest BCUT2D eigenvalue weighted by Crippen LogP contribution is 2.69. The summed E-state index contributed by atoms with van der Waals surface area (Å²) in [5.41, 5.74) is -2.14. The lowest BCUT2D eigenvalue weighted by molar-refractivity contribution is -0.220. The lowest BCUT2D eigenvalue weighted by atomic mass is 9.49. The molecule has 0 heterocycles. The molecule has 0 amide bonds. The van der Waals surface area contributed by atoms with Crippen molar-refractivity contribution >= 4 is 35.8 Å². The minimum Gasteiger partial charge on any atom is -0.458 e. The first-order chi connectivity index (χ1) is 67.5. The molecule has 24 saturated carbocycles. The van der Waals surface area contributed by atoms with E-state index in [0.717, 1.165) is 265 Å². The molecule has 141 heavy (non-hydrogen) atoms. The molecule has 0 radical (unpaired) electrons. The van der Waals surface area contributed by atoms with Gasteiger partial charge in [0.05, 0.1) is 34.0 Å². The second-order valence-electron chi connectivity index (χ2n) is 53.0. The van der Waals surface area contributed by atoms with Gasteiger partial charge in [-0.2, -0.15) is 0 Å². The third-order valence-corrected chi connectivity index (χ3v) is 43.0. The van der Waals surface area contributed by atoms with E-state index < -0.39 is 0 Å². The van der Waals surface area contributed by atoms with E-state index in [1.807, 2.05) is 76.2 Å². The predicted molar refractivity (Wildman–Crippen MR) is 560 cm³/mol.